The zero-order valence-electron chi connectivity index (χ0n) is 10.1. The summed E-state index contributed by atoms with van der Waals surface area (Å²) in [6.07, 6.45) is 3.95. The molecule has 2 N–H and O–H groups in total. The van der Waals surface area contributed by atoms with Gasteiger partial charge in [0.05, 0.1) is 6.26 Å². The molecule has 0 amide bonds. The molecule has 0 aromatic rings. The summed E-state index contributed by atoms with van der Waals surface area (Å²) in [6.45, 7) is 7.80. The van der Waals surface area contributed by atoms with Gasteiger partial charge in [-0.1, -0.05) is 19.2 Å². The van der Waals surface area contributed by atoms with Gasteiger partial charge in [0.25, 0.3) is 0 Å². The number of carboxylic acids is 2. The van der Waals surface area contributed by atoms with E-state index in [1.165, 1.54) is 13.0 Å². The molecule has 0 saturated heterocycles. The molecule has 0 aromatic heterocycles. The predicted octanol–water partition coefficient (Wildman–Crippen LogP) is 1.74. The average molecular weight is 256 g/mol. The van der Waals surface area contributed by atoms with Crippen molar-refractivity contribution < 1.29 is 29.3 Å². The van der Waals surface area contributed by atoms with Crippen molar-refractivity contribution >= 4 is 17.9 Å². The average Bonchev–Trinajstić information content (AvgIpc) is 2.25. The minimum absolute atomic E-state index is 0.163. The fraction of sp³-hybridized carbons (Fsp3) is 0.250. The number of hydrogen-bond acceptors (Lipinski definition) is 4. The van der Waals surface area contributed by atoms with Crippen LogP contribution < -0.4 is 0 Å². The molecule has 0 unspecified atom stereocenters. The first kappa shape index (κ1) is 18.0. The molecule has 0 aromatic carbocycles. The largest absolute Gasteiger partial charge is 0.478 e. The first-order valence-electron chi connectivity index (χ1n) is 4.90. The molecule has 18 heavy (non-hydrogen) atoms. The van der Waals surface area contributed by atoms with E-state index in [1.54, 1.807) is 0 Å². The number of carbonyl (C=O) groups is 3. The highest BCUT2D eigenvalue weighted by molar-refractivity contribution is 5.84. The number of carboxylic acid groups (broad SMARTS) is 2. The van der Waals surface area contributed by atoms with Gasteiger partial charge in [-0.25, -0.2) is 9.59 Å². The molecule has 0 fully saturated rings. The Morgan fingerprint density at radius 3 is 2.11 bits per heavy atom. The van der Waals surface area contributed by atoms with Crippen LogP contribution in [-0.4, -0.2) is 28.1 Å². The van der Waals surface area contributed by atoms with Crippen LogP contribution >= 0.6 is 0 Å². The number of rotatable bonds is 6. The monoisotopic (exact) mass is 256 g/mol. The quantitative estimate of drug-likeness (QED) is 0.426. The molecule has 0 aliphatic heterocycles. The van der Waals surface area contributed by atoms with Gasteiger partial charge >= 0.3 is 17.9 Å². The highest BCUT2D eigenvalue weighted by Crippen LogP contribution is 1.94. The van der Waals surface area contributed by atoms with Gasteiger partial charge in [0.1, 0.15) is 0 Å². The molecule has 6 nitrogen and oxygen atoms in total. The molecule has 0 atom stereocenters. The predicted molar refractivity (Wildman–Crippen MR) is 64.7 cm³/mol. The summed E-state index contributed by atoms with van der Waals surface area (Å²) >= 11 is 0. The van der Waals surface area contributed by atoms with E-state index in [-0.39, 0.29) is 12.0 Å². The van der Waals surface area contributed by atoms with E-state index in [0.29, 0.717) is 6.42 Å². The molecule has 0 saturated carbocycles. The maximum atomic E-state index is 10.6. The van der Waals surface area contributed by atoms with E-state index in [9.17, 15) is 14.4 Å². The zero-order chi connectivity index (χ0) is 14.6. The molecule has 6 heteroatoms. The van der Waals surface area contributed by atoms with Crippen LogP contribution in [0.15, 0.2) is 37.1 Å². The summed E-state index contributed by atoms with van der Waals surface area (Å²) in [7, 11) is 0. The molecule has 0 rings (SSSR count). The Kier molecular flexibility index (Phi) is 11.1. The van der Waals surface area contributed by atoms with Crippen molar-refractivity contribution in [3.8, 4) is 0 Å². The van der Waals surface area contributed by atoms with Crippen molar-refractivity contribution in [3.05, 3.63) is 37.1 Å². The number of aliphatic carboxylic acids is 2. The van der Waals surface area contributed by atoms with Crippen molar-refractivity contribution in [2.75, 3.05) is 0 Å². The van der Waals surface area contributed by atoms with Crippen LogP contribution in [-0.2, 0) is 19.1 Å². The van der Waals surface area contributed by atoms with Crippen LogP contribution in [0, 0.1) is 0 Å². The van der Waals surface area contributed by atoms with E-state index >= 15 is 0 Å². The van der Waals surface area contributed by atoms with Crippen LogP contribution in [0.4, 0.5) is 0 Å². The Labute approximate surface area is 105 Å². The lowest BCUT2D eigenvalue weighted by Gasteiger charge is -1.93. The smallest absolute Gasteiger partial charge is 0.330 e. The topological polar surface area (TPSA) is 101 Å². The summed E-state index contributed by atoms with van der Waals surface area (Å²) in [5.41, 5.74) is 0.176. The van der Waals surface area contributed by atoms with Crippen LogP contribution in [0.25, 0.3) is 0 Å². The number of esters is 1. The van der Waals surface area contributed by atoms with Crippen molar-refractivity contribution in [1.29, 1.82) is 0 Å². The normalized spacial score (nSPS) is 8.94. The van der Waals surface area contributed by atoms with Crippen molar-refractivity contribution in [2.45, 2.75) is 19.8 Å². The van der Waals surface area contributed by atoms with Gasteiger partial charge in [-0.15, -0.1) is 0 Å². The summed E-state index contributed by atoms with van der Waals surface area (Å²) < 4.78 is 4.39. The van der Waals surface area contributed by atoms with Gasteiger partial charge in [-0.2, -0.15) is 0 Å². The second-order valence-electron chi connectivity index (χ2n) is 3.02. The minimum Gasteiger partial charge on any atom is -0.478 e. The van der Waals surface area contributed by atoms with Gasteiger partial charge in [0, 0.05) is 18.1 Å². The van der Waals surface area contributed by atoms with Crippen molar-refractivity contribution in [2.24, 2.45) is 0 Å². The number of hydrogen-bond donors (Lipinski definition) is 2. The molecule has 0 spiro atoms. The molecule has 0 aliphatic carbocycles. The fourth-order valence-electron chi connectivity index (χ4n) is 0.537. The van der Waals surface area contributed by atoms with Crippen LogP contribution in [0.3, 0.4) is 0 Å². The van der Waals surface area contributed by atoms with Gasteiger partial charge < -0.3 is 14.9 Å². The number of carbonyl (C=O) groups excluding carboxylic acids is 1. The third kappa shape index (κ3) is 16.1. The van der Waals surface area contributed by atoms with Gasteiger partial charge in [0.2, 0.25) is 0 Å². The standard InChI is InChI=1S/C8H10O4.C4H6O2/c1-2-12-8(11)6-4-3-5-7(9)10;1-3(2)4(5)6/h2-3,5H,1,4,6H2,(H,9,10);1H2,2H3,(H,5,6)/b5-3+;. The van der Waals surface area contributed by atoms with E-state index in [0.717, 1.165) is 12.3 Å². The highest BCUT2D eigenvalue weighted by atomic mass is 16.5. The van der Waals surface area contributed by atoms with E-state index in [4.69, 9.17) is 10.2 Å². The second kappa shape index (κ2) is 11.1. The number of allylic oxidation sites excluding steroid dienone is 1. The van der Waals surface area contributed by atoms with E-state index < -0.39 is 17.9 Å². The molecule has 100 valence electrons. The Bertz CT molecular complexity index is 342. The molecule has 0 aliphatic rings. The van der Waals surface area contributed by atoms with Crippen molar-refractivity contribution in [1.82, 2.24) is 0 Å². The molecule has 0 heterocycles. The van der Waals surface area contributed by atoms with Gasteiger partial charge in [-0.3, -0.25) is 4.79 Å². The maximum Gasteiger partial charge on any atom is 0.330 e. The van der Waals surface area contributed by atoms with E-state index in [2.05, 4.69) is 17.9 Å². The van der Waals surface area contributed by atoms with E-state index in [1.807, 2.05) is 0 Å². The highest BCUT2D eigenvalue weighted by Gasteiger charge is 1.97. The summed E-state index contributed by atoms with van der Waals surface area (Å²) in [5, 5.41) is 16.1. The zero-order valence-corrected chi connectivity index (χ0v) is 10.1. The lowest BCUT2D eigenvalue weighted by Crippen LogP contribution is -1.97. The maximum absolute atomic E-state index is 10.6. The van der Waals surface area contributed by atoms with Crippen LogP contribution in [0.1, 0.15) is 19.8 Å². The fourth-order valence-corrected chi connectivity index (χ4v) is 0.537. The first-order chi connectivity index (χ1) is 8.31. The summed E-state index contributed by atoms with van der Waals surface area (Å²) in [5.74, 6) is -2.37. The number of ether oxygens (including phenoxy) is 1. The van der Waals surface area contributed by atoms with Gasteiger partial charge in [0.15, 0.2) is 0 Å². The summed E-state index contributed by atoms with van der Waals surface area (Å²) in [6, 6.07) is 0. The molecular formula is C12H16O6. The second-order valence-corrected chi connectivity index (χ2v) is 3.02. The van der Waals surface area contributed by atoms with Gasteiger partial charge in [-0.05, 0) is 13.3 Å². The first-order valence-corrected chi connectivity index (χ1v) is 4.90. The lowest BCUT2D eigenvalue weighted by atomic mass is 10.3. The Hall–Kier alpha value is -2.37. The third-order valence-corrected chi connectivity index (χ3v) is 1.36. The van der Waals surface area contributed by atoms with Crippen molar-refractivity contribution in [3.63, 3.8) is 0 Å². The molecule has 0 bridgehead atoms. The van der Waals surface area contributed by atoms with Crippen LogP contribution in [0.5, 0.6) is 0 Å². The Morgan fingerprint density at radius 1 is 1.28 bits per heavy atom. The van der Waals surface area contributed by atoms with Crippen LogP contribution in [0.2, 0.25) is 0 Å². The molecular weight excluding hydrogens is 240 g/mol. The molecule has 0 radical (unpaired) electrons. The summed E-state index contributed by atoms with van der Waals surface area (Å²) in [4.78, 5) is 30.2. The SMILES string of the molecule is C=C(C)C(=O)O.C=COC(=O)CC/C=C/C(=O)O. The lowest BCUT2D eigenvalue weighted by molar-refractivity contribution is -0.138. The Balaban J connectivity index is 0. The third-order valence-electron chi connectivity index (χ3n) is 1.36. The Morgan fingerprint density at radius 2 is 1.78 bits per heavy atom. The minimum atomic E-state index is -1.02.